The monoisotopic (exact) mass is 544 g/mol. The van der Waals surface area contributed by atoms with E-state index >= 15 is 0 Å². The van der Waals surface area contributed by atoms with Crippen molar-refractivity contribution in [3.63, 3.8) is 0 Å². The second-order valence-corrected chi connectivity index (χ2v) is 9.43. The Bertz CT molecular complexity index is 1290. The number of carbonyl (C=O) groups is 1. The Balaban J connectivity index is 1.36. The minimum atomic E-state index is -1.42. The normalized spacial score (nSPS) is 14.4. The van der Waals surface area contributed by atoms with E-state index in [-0.39, 0.29) is 23.1 Å². The van der Waals surface area contributed by atoms with Crippen molar-refractivity contribution in [3.8, 4) is 5.75 Å². The van der Waals surface area contributed by atoms with Crippen LogP contribution < -0.4 is 15.0 Å². The van der Waals surface area contributed by atoms with Gasteiger partial charge >= 0.3 is 6.09 Å². The van der Waals surface area contributed by atoms with E-state index in [1.54, 1.807) is 6.07 Å². The minimum Gasteiger partial charge on any atom is -0.489 e. The molecule has 2 N–H and O–H groups in total. The zero-order valence-corrected chi connectivity index (χ0v) is 21.8. The molecule has 1 aliphatic rings. The fourth-order valence-electron chi connectivity index (χ4n) is 4.25. The Kier molecular flexibility index (Phi) is 9.20. The Morgan fingerprint density at radius 1 is 1.08 bits per heavy atom. The molecule has 1 saturated heterocycles. The van der Waals surface area contributed by atoms with Crippen LogP contribution in [-0.2, 0) is 6.54 Å². The Morgan fingerprint density at radius 2 is 1.85 bits per heavy atom. The first-order valence-corrected chi connectivity index (χ1v) is 12.6. The molecule has 39 heavy (non-hydrogen) atoms. The van der Waals surface area contributed by atoms with E-state index in [1.165, 1.54) is 24.4 Å². The quantitative estimate of drug-likeness (QED) is 0.379. The highest BCUT2D eigenvalue weighted by Gasteiger charge is 2.20. The third kappa shape index (κ3) is 7.58. The molecule has 12 heteroatoms. The number of piperazine rings is 1. The molecule has 208 valence electrons. The molecule has 0 aliphatic carbocycles. The summed E-state index contributed by atoms with van der Waals surface area (Å²) in [5, 5.41) is 12.5. The van der Waals surface area contributed by atoms with Crippen LogP contribution in [0.3, 0.4) is 0 Å². The summed E-state index contributed by atoms with van der Waals surface area (Å²) in [5.41, 5.74) is 0.167. The average molecular weight is 545 g/mol. The topological polar surface area (TPSA) is 94.1 Å². The number of rotatable bonds is 10. The van der Waals surface area contributed by atoms with Crippen molar-refractivity contribution in [1.29, 1.82) is 0 Å². The summed E-state index contributed by atoms with van der Waals surface area (Å²) < 4.78 is 48.0. The molecular weight excluding hydrogens is 513 g/mol. The predicted octanol–water partition coefficient (Wildman–Crippen LogP) is 4.73. The van der Waals surface area contributed by atoms with Crippen LogP contribution in [0.1, 0.15) is 19.4 Å². The first kappa shape index (κ1) is 28.1. The maximum atomic E-state index is 14.7. The second-order valence-electron chi connectivity index (χ2n) is 9.43. The number of anilines is 3. The SMILES string of the molecule is CC(C)N1CCN(CCOc2ccc(Nc3nccc(N(Cc4cc(F)ccc4F)C(=O)O)n3)cc2F)CC1. The van der Waals surface area contributed by atoms with Gasteiger partial charge in [0, 0.05) is 62.3 Å². The van der Waals surface area contributed by atoms with Gasteiger partial charge in [0.15, 0.2) is 11.6 Å². The van der Waals surface area contributed by atoms with E-state index in [0.717, 1.165) is 49.3 Å². The molecule has 0 saturated carbocycles. The number of amides is 1. The first-order chi connectivity index (χ1) is 18.7. The number of ether oxygens (including phenoxy) is 1. The average Bonchev–Trinajstić information content (AvgIpc) is 2.90. The standard InChI is InChI=1S/C27H31F3N6O3/c1-18(2)35-11-9-34(10-12-35)13-14-39-24-6-4-21(16-23(24)30)32-26-31-8-7-25(33-26)36(27(37)38)17-19-15-20(28)3-5-22(19)29/h3-8,15-16,18H,9-14,17H2,1-2H3,(H,37,38)(H,31,32,33). The van der Waals surface area contributed by atoms with Gasteiger partial charge in [-0.05, 0) is 50.2 Å². The molecule has 1 aromatic heterocycles. The van der Waals surface area contributed by atoms with E-state index in [0.29, 0.717) is 24.9 Å². The fourth-order valence-corrected chi connectivity index (χ4v) is 4.25. The molecule has 9 nitrogen and oxygen atoms in total. The van der Waals surface area contributed by atoms with Crippen molar-refractivity contribution in [1.82, 2.24) is 19.8 Å². The van der Waals surface area contributed by atoms with E-state index in [9.17, 15) is 23.1 Å². The maximum Gasteiger partial charge on any atom is 0.413 e. The fraction of sp³-hybridized carbons (Fsp3) is 0.370. The molecule has 1 aliphatic heterocycles. The molecule has 0 spiro atoms. The molecule has 0 radical (unpaired) electrons. The number of aromatic nitrogens is 2. The van der Waals surface area contributed by atoms with E-state index < -0.39 is 30.1 Å². The highest BCUT2D eigenvalue weighted by atomic mass is 19.1. The smallest absolute Gasteiger partial charge is 0.413 e. The van der Waals surface area contributed by atoms with Crippen LogP contribution in [0.4, 0.5) is 35.4 Å². The Morgan fingerprint density at radius 3 is 2.54 bits per heavy atom. The summed E-state index contributed by atoms with van der Waals surface area (Å²) in [5.74, 6) is -1.98. The van der Waals surface area contributed by atoms with Gasteiger partial charge in [0.25, 0.3) is 0 Å². The highest BCUT2D eigenvalue weighted by molar-refractivity contribution is 5.84. The Labute approximate surface area is 224 Å². The van der Waals surface area contributed by atoms with Gasteiger partial charge in [0.1, 0.15) is 24.1 Å². The summed E-state index contributed by atoms with van der Waals surface area (Å²) in [4.78, 5) is 25.5. The predicted molar refractivity (Wildman–Crippen MR) is 141 cm³/mol. The van der Waals surface area contributed by atoms with Gasteiger partial charge in [0.05, 0.1) is 6.54 Å². The summed E-state index contributed by atoms with van der Waals surface area (Å²) in [6.07, 6.45) is -0.116. The van der Waals surface area contributed by atoms with Gasteiger partial charge in [-0.2, -0.15) is 4.98 Å². The molecule has 4 rings (SSSR count). The van der Waals surface area contributed by atoms with Crippen molar-refractivity contribution in [2.75, 3.05) is 49.5 Å². The molecule has 1 fully saturated rings. The zero-order valence-electron chi connectivity index (χ0n) is 21.8. The number of hydrogen-bond donors (Lipinski definition) is 2. The highest BCUT2D eigenvalue weighted by Crippen LogP contribution is 2.24. The Hall–Kier alpha value is -3.90. The van der Waals surface area contributed by atoms with Crippen LogP contribution >= 0.6 is 0 Å². The van der Waals surface area contributed by atoms with Crippen LogP contribution in [-0.4, -0.2) is 76.3 Å². The maximum absolute atomic E-state index is 14.7. The molecule has 0 atom stereocenters. The van der Waals surface area contributed by atoms with E-state index in [1.807, 2.05) is 0 Å². The molecule has 0 unspecified atom stereocenters. The van der Waals surface area contributed by atoms with E-state index in [2.05, 4.69) is 38.9 Å². The number of nitrogens with zero attached hydrogens (tertiary/aromatic N) is 5. The zero-order chi connectivity index (χ0) is 27.9. The largest absolute Gasteiger partial charge is 0.489 e. The molecule has 2 aromatic carbocycles. The van der Waals surface area contributed by atoms with Crippen LogP contribution in [0, 0.1) is 17.5 Å². The summed E-state index contributed by atoms with van der Waals surface area (Å²) in [7, 11) is 0. The van der Waals surface area contributed by atoms with Crippen molar-refractivity contribution in [2.45, 2.75) is 26.4 Å². The second kappa shape index (κ2) is 12.8. The van der Waals surface area contributed by atoms with E-state index in [4.69, 9.17) is 4.74 Å². The van der Waals surface area contributed by atoms with Gasteiger partial charge in [-0.3, -0.25) is 14.7 Å². The van der Waals surface area contributed by atoms with Crippen LogP contribution in [0.2, 0.25) is 0 Å². The molecule has 0 bridgehead atoms. The third-order valence-electron chi connectivity index (χ3n) is 6.47. The van der Waals surface area contributed by atoms with Crippen molar-refractivity contribution in [3.05, 3.63) is 71.7 Å². The minimum absolute atomic E-state index is 0.00734. The lowest BCUT2D eigenvalue weighted by Gasteiger charge is -2.36. The summed E-state index contributed by atoms with van der Waals surface area (Å²) in [6.45, 7) is 8.85. The summed E-state index contributed by atoms with van der Waals surface area (Å²) >= 11 is 0. The lowest BCUT2D eigenvalue weighted by molar-refractivity contribution is 0.0965. The first-order valence-electron chi connectivity index (χ1n) is 12.6. The van der Waals surface area contributed by atoms with Crippen LogP contribution in [0.25, 0.3) is 0 Å². The molecule has 3 aromatic rings. The number of nitrogens with one attached hydrogen (secondary N) is 1. The van der Waals surface area contributed by atoms with Gasteiger partial charge in [0.2, 0.25) is 5.95 Å². The van der Waals surface area contributed by atoms with Crippen molar-refractivity contribution >= 4 is 23.5 Å². The van der Waals surface area contributed by atoms with Gasteiger partial charge in [-0.25, -0.2) is 22.9 Å². The number of carboxylic acid groups (broad SMARTS) is 1. The summed E-state index contributed by atoms with van der Waals surface area (Å²) in [6, 6.07) is 8.94. The number of hydrogen-bond acceptors (Lipinski definition) is 7. The van der Waals surface area contributed by atoms with Gasteiger partial charge in [-0.1, -0.05) is 0 Å². The number of benzene rings is 2. The number of halogens is 3. The van der Waals surface area contributed by atoms with Crippen LogP contribution in [0.5, 0.6) is 5.75 Å². The molecule has 2 heterocycles. The van der Waals surface area contributed by atoms with Crippen LogP contribution in [0.15, 0.2) is 48.7 Å². The lowest BCUT2D eigenvalue weighted by atomic mass is 10.2. The van der Waals surface area contributed by atoms with Gasteiger partial charge < -0.3 is 15.2 Å². The third-order valence-corrected chi connectivity index (χ3v) is 6.47. The van der Waals surface area contributed by atoms with Gasteiger partial charge in [-0.15, -0.1) is 0 Å². The van der Waals surface area contributed by atoms with Crippen molar-refractivity contribution in [2.24, 2.45) is 0 Å². The molecular formula is C27H31F3N6O3. The molecule has 1 amide bonds. The van der Waals surface area contributed by atoms with Crippen molar-refractivity contribution < 1.29 is 27.8 Å². The lowest BCUT2D eigenvalue weighted by Crippen LogP contribution is -2.49.